The molecule has 0 spiro atoms. The number of nitrogens with one attached hydrogen (secondary N) is 1. The number of ether oxygens (including phenoxy) is 1. The van der Waals surface area contributed by atoms with Crippen molar-refractivity contribution in [1.82, 2.24) is 14.9 Å². The van der Waals surface area contributed by atoms with Gasteiger partial charge in [-0.2, -0.15) is 0 Å². The predicted octanol–water partition coefficient (Wildman–Crippen LogP) is 5.72. The van der Waals surface area contributed by atoms with Crippen LogP contribution in [0.5, 0.6) is 5.75 Å². The Morgan fingerprint density at radius 1 is 1.16 bits per heavy atom. The Hall–Kier alpha value is -3.18. The summed E-state index contributed by atoms with van der Waals surface area (Å²) in [6.45, 7) is 0.917. The first kappa shape index (κ1) is 22.0. The third-order valence-electron chi connectivity index (χ3n) is 4.41. The van der Waals surface area contributed by atoms with E-state index < -0.39 is 0 Å². The van der Waals surface area contributed by atoms with Gasteiger partial charge in [0, 0.05) is 5.69 Å². The molecule has 0 aliphatic carbocycles. The van der Waals surface area contributed by atoms with Crippen molar-refractivity contribution in [3.8, 4) is 17.6 Å². The minimum absolute atomic E-state index is 0.226. The molecule has 2 heterocycles. The third-order valence-corrected chi connectivity index (χ3v) is 5.67. The highest BCUT2D eigenvalue weighted by atomic mass is 35.5. The third kappa shape index (κ3) is 5.54. The number of aromatic nitrogens is 2. The van der Waals surface area contributed by atoms with Crippen LogP contribution in [0.25, 0.3) is 10.2 Å². The van der Waals surface area contributed by atoms with Crippen molar-refractivity contribution >= 4 is 44.7 Å². The zero-order valence-electron chi connectivity index (χ0n) is 17.5. The van der Waals surface area contributed by atoms with E-state index in [1.54, 1.807) is 24.3 Å². The maximum absolute atomic E-state index is 13.3. The molecule has 32 heavy (non-hydrogen) atoms. The van der Waals surface area contributed by atoms with E-state index in [0.29, 0.717) is 23.1 Å². The Morgan fingerprint density at radius 2 is 2.03 bits per heavy atom. The number of nitrogens with zero attached hydrogens (tertiary/aromatic N) is 3. The molecule has 1 N–H and O–H groups in total. The van der Waals surface area contributed by atoms with Crippen LogP contribution in [-0.2, 0) is 6.61 Å². The van der Waals surface area contributed by atoms with E-state index in [9.17, 15) is 4.39 Å². The van der Waals surface area contributed by atoms with Crippen LogP contribution in [0.2, 0.25) is 5.02 Å². The van der Waals surface area contributed by atoms with Crippen LogP contribution in [0.15, 0.2) is 54.9 Å². The maximum Gasteiger partial charge on any atom is 0.142 e. The SMILES string of the molecule is CN(C)CC#Cc1cc2c(Nc3ccc(OCc4cccc(F)c4)c(Cl)c3)ncnc2s1. The average molecular weight is 467 g/mol. The molecule has 0 amide bonds. The number of hydrogen-bond donors (Lipinski definition) is 1. The number of benzene rings is 2. The van der Waals surface area contributed by atoms with Gasteiger partial charge in [0.25, 0.3) is 0 Å². The molecule has 0 bridgehead atoms. The molecule has 4 aromatic rings. The maximum atomic E-state index is 13.3. The highest BCUT2D eigenvalue weighted by molar-refractivity contribution is 7.19. The zero-order valence-corrected chi connectivity index (χ0v) is 19.1. The summed E-state index contributed by atoms with van der Waals surface area (Å²) in [5.74, 6) is 7.21. The van der Waals surface area contributed by atoms with E-state index in [0.717, 1.165) is 26.3 Å². The molecule has 5 nitrogen and oxygen atoms in total. The molecule has 0 aliphatic rings. The van der Waals surface area contributed by atoms with Crippen LogP contribution in [0, 0.1) is 17.7 Å². The second kappa shape index (κ2) is 9.96. The van der Waals surface area contributed by atoms with Crippen molar-refractivity contribution in [2.75, 3.05) is 26.0 Å². The molecular weight excluding hydrogens is 447 g/mol. The Bertz CT molecular complexity index is 1310. The normalized spacial score (nSPS) is 10.8. The summed E-state index contributed by atoms with van der Waals surface area (Å²) < 4.78 is 19.1. The van der Waals surface area contributed by atoms with Gasteiger partial charge in [-0.1, -0.05) is 35.6 Å². The second-order valence-electron chi connectivity index (χ2n) is 7.28. The van der Waals surface area contributed by atoms with Gasteiger partial charge in [0.2, 0.25) is 0 Å². The van der Waals surface area contributed by atoms with Crippen LogP contribution in [0.1, 0.15) is 10.4 Å². The van der Waals surface area contributed by atoms with Crippen molar-refractivity contribution < 1.29 is 9.13 Å². The first-order valence-corrected chi connectivity index (χ1v) is 11.0. The van der Waals surface area contributed by atoms with Crippen molar-refractivity contribution in [3.63, 3.8) is 0 Å². The fourth-order valence-corrected chi connectivity index (χ4v) is 4.03. The zero-order chi connectivity index (χ0) is 22.5. The van der Waals surface area contributed by atoms with Crippen molar-refractivity contribution in [2.45, 2.75) is 6.61 Å². The molecule has 0 unspecified atom stereocenters. The molecule has 2 aromatic carbocycles. The van der Waals surface area contributed by atoms with E-state index in [4.69, 9.17) is 16.3 Å². The minimum atomic E-state index is -0.298. The van der Waals surface area contributed by atoms with Gasteiger partial charge in [-0.3, -0.25) is 4.90 Å². The smallest absolute Gasteiger partial charge is 0.142 e. The van der Waals surface area contributed by atoms with Gasteiger partial charge >= 0.3 is 0 Å². The molecule has 8 heteroatoms. The van der Waals surface area contributed by atoms with Gasteiger partial charge in [0.15, 0.2) is 0 Å². The first-order valence-electron chi connectivity index (χ1n) is 9.80. The lowest BCUT2D eigenvalue weighted by Gasteiger charge is -2.11. The van der Waals surface area contributed by atoms with E-state index >= 15 is 0 Å². The average Bonchev–Trinajstić information content (AvgIpc) is 3.17. The topological polar surface area (TPSA) is 50.3 Å². The van der Waals surface area contributed by atoms with Crippen molar-refractivity contribution in [1.29, 1.82) is 0 Å². The van der Waals surface area contributed by atoms with Crippen LogP contribution in [-0.4, -0.2) is 35.5 Å². The fraction of sp³-hybridized carbons (Fsp3) is 0.167. The van der Waals surface area contributed by atoms with Crippen LogP contribution < -0.4 is 10.1 Å². The summed E-state index contributed by atoms with van der Waals surface area (Å²) in [4.78, 5) is 12.5. The number of rotatable bonds is 6. The number of hydrogen-bond acceptors (Lipinski definition) is 6. The summed E-state index contributed by atoms with van der Waals surface area (Å²) in [5, 5.41) is 4.63. The predicted molar refractivity (Wildman–Crippen MR) is 128 cm³/mol. The lowest BCUT2D eigenvalue weighted by atomic mass is 10.2. The quantitative estimate of drug-likeness (QED) is 0.368. The molecule has 0 aliphatic heterocycles. The largest absolute Gasteiger partial charge is 0.487 e. The van der Waals surface area contributed by atoms with Crippen molar-refractivity contribution in [3.05, 3.63) is 76.1 Å². The molecule has 162 valence electrons. The number of halogens is 2. The Kier molecular flexibility index (Phi) is 6.86. The lowest BCUT2D eigenvalue weighted by molar-refractivity contribution is 0.306. The molecule has 0 atom stereocenters. The summed E-state index contributed by atoms with van der Waals surface area (Å²) >= 11 is 7.93. The van der Waals surface area contributed by atoms with Gasteiger partial charge in [-0.15, -0.1) is 11.3 Å². The summed E-state index contributed by atoms with van der Waals surface area (Å²) in [5.41, 5.74) is 1.49. The van der Waals surface area contributed by atoms with Gasteiger partial charge in [-0.25, -0.2) is 14.4 Å². The molecule has 0 saturated heterocycles. The number of fused-ring (bicyclic) bond motifs is 1. The molecule has 0 fully saturated rings. The van der Waals surface area contributed by atoms with E-state index in [2.05, 4.69) is 27.1 Å². The van der Waals surface area contributed by atoms with E-state index in [1.807, 2.05) is 31.1 Å². The Morgan fingerprint density at radius 3 is 2.81 bits per heavy atom. The Balaban J connectivity index is 1.49. The molecule has 2 aromatic heterocycles. The monoisotopic (exact) mass is 466 g/mol. The molecule has 0 radical (unpaired) electrons. The summed E-state index contributed by atoms with van der Waals surface area (Å²) in [6.07, 6.45) is 1.52. The van der Waals surface area contributed by atoms with Crippen LogP contribution in [0.4, 0.5) is 15.9 Å². The van der Waals surface area contributed by atoms with Crippen LogP contribution in [0.3, 0.4) is 0 Å². The molecule has 0 saturated carbocycles. The lowest BCUT2D eigenvalue weighted by Crippen LogP contribution is -2.10. The number of thiophene rings is 1. The van der Waals surface area contributed by atoms with Gasteiger partial charge in [0.05, 0.1) is 21.8 Å². The summed E-state index contributed by atoms with van der Waals surface area (Å²) in [7, 11) is 3.96. The first-order chi connectivity index (χ1) is 15.5. The van der Waals surface area contributed by atoms with Gasteiger partial charge in [0.1, 0.15) is 35.1 Å². The van der Waals surface area contributed by atoms with Crippen LogP contribution >= 0.6 is 22.9 Å². The second-order valence-corrected chi connectivity index (χ2v) is 8.72. The van der Waals surface area contributed by atoms with Gasteiger partial charge in [-0.05, 0) is 56.1 Å². The van der Waals surface area contributed by atoms with E-state index in [1.165, 1.54) is 29.8 Å². The molecular formula is C24H20ClFN4OS. The fourth-order valence-electron chi connectivity index (χ4n) is 2.92. The highest BCUT2D eigenvalue weighted by Crippen LogP contribution is 2.33. The Labute approximate surface area is 194 Å². The standard InChI is InChI=1S/C24H20ClFN4OS/c1-30(2)10-4-7-19-13-20-23(27-15-28-24(20)32-19)29-18-8-9-22(21(25)12-18)31-14-16-5-3-6-17(26)11-16/h3,5-6,8-9,11-13,15H,10,14H2,1-2H3,(H,27,28,29). The highest BCUT2D eigenvalue weighted by Gasteiger charge is 2.10. The van der Waals surface area contributed by atoms with Gasteiger partial charge < -0.3 is 10.1 Å². The summed E-state index contributed by atoms with van der Waals surface area (Å²) in [6, 6.07) is 13.7. The molecule has 4 rings (SSSR count). The van der Waals surface area contributed by atoms with E-state index in [-0.39, 0.29) is 12.4 Å². The number of anilines is 2. The minimum Gasteiger partial charge on any atom is -0.487 e. The van der Waals surface area contributed by atoms with Crippen molar-refractivity contribution in [2.24, 2.45) is 0 Å².